The van der Waals surface area contributed by atoms with E-state index in [9.17, 15) is 14.4 Å². The summed E-state index contributed by atoms with van der Waals surface area (Å²) < 4.78 is 0. The number of aliphatic carboxylic acids is 1. The lowest BCUT2D eigenvalue weighted by Gasteiger charge is -2.32. The second-order valence-electron chi connectivity index (χ2n) is 5.97. The third-order valence-corrected chi connectivity index (χ3v) is 3.75. The van der Waals surface area contributed by atoms with Crippen LogP contribution in [0.3, 0.4) is 0 Å². The van der Waals surface area contributed by atoms with Crippen LogP contribution in [0.5, 0.6) is 0 Å². The highest BCUT2D eigenvalue weighted by Crippen LogP contribution is 2.32. The van der Waals surface area contributed by atoms with Crippen LogP contribution in [-0.4, -0.2) is 34.5 Å². The first-order valence-corrected chi connectivity index (χ1v) is 7.07. The van der Waals surface area contributed by atoms with Crippen molar-refractivity contribution in [2.24, 2.45) is 5.92 Å². The maximum atomic E-state index is 12.3. The van der Waals surface area contributed by atoms with Crippen molar-refractivity contribution < 1.29 is 19.5 Å². The Labute approximate surface area is 119 Å². The van der Waals surface area contributed by atoms with Crippen LogP contribution in [0.25, 0.3) is 0 Å². The molecule has 2 amide bonds. The summed E-state index contributed by atoms with van der Waals surface area (Å²) in [4.78, 5) is 34.5. The number of hydrogen-bond donors (Lipinski definition) is 3. The van der Waals surface area contributed by atoms with Crippen LogP contribution in [0.15, 0.2) is 0 Å². The lowest BCUT2D eigenvalue weighted by atomic mass is 9.91. The Bertz CT molecular complexity index is 387. The molecule has 1 atom stereocenters. The average Bonchev–Trinajstić information content (AvgIpc) is 2.72. The molecule has 0 aromatic heterocycles. The van der Waals surface area contributed by atoms with Gasteiger partial charge in [0, 0.05) is 6.92 Å². The minimum absolute atomic E-state index is 0.0535. The topological polar surface area (TPSA) is 95.5 Å². The summed E-state index contributed by atoms with van der Waals surface area (Å²) in [6.07, 6.45) is 3.12. The lowest BCUT2D eigenvalue weighted by molar-refractivity contribution is -0.139. The molecule has 20 heavy (non-hydrogen) atoms. The molecular formula is C14H24N2O4. The smallest absolute Gasteiger partial charge is 0.305 e. The predicted octanol–water partition coefficient (Wildman–Crippen LogP) is 1.05. The Morgan fingerprint density at radius 1 is 1.20 bits per heavy atom. The average molecular weight is 284 g/mol. The zero-order valence-electron chi connectivity index (χ0n) is 12.4. The van der Waals surface area contributed by atoms with Gasteiger partial charge in [-0.3, -0.25) is 14.4 Å². The van der Waals surface area contributed by atoms with Gasteiger partial charge in [0.2, 0.25) is 11.8 Å². The van der Waals surface area contributed by atoms with Gasteiger partial charge in [0.15, 0.2) is 0 Å². The molecule has 1 aliphatic rings. The van der Waals surface area contributed by atoms with Crippen LogP contribution in [-0.2, 0) is 14.4 Å². The Balaban J connectivity index is 2.78. The van der Waals surface area contributed by atoms with Crippen molar-refractivity contribution in [3.8, 4) is 0 Å². The van der Waals surface area contributed by atoms with E-state index in [1.54, 1.807) is 0 Å². The molecule has 6 heteroatoms. The van der Waals surface area contributed by atoms with Crippen LogP contribution in [0, 0.1) is 5.92 Å². The van der Waals surface area contributed by atoms with Crippen molar-refractivity contribution in [2.75, 3.05) is 0 Å². The first kappa shape index (κ1) is 16.5. The molecule has 0 aromatic carbocycles. The van der Waals surface area contributed by atoms with Crippen molar-refractivity contribution >= 4 is 17.8 Å². The zero-order valence-corrected chi connectivity index (χ0v) is 12.4. The number of rotatable bonds is 6. The summed E-state index contributed by atoms with van der Waals surface area (Å²) in [7, 11) is 0. The van der Waals surface area contributed by atoms with Crippen LogP contribution < -0.4 is 10.6 Å². The van der Waals surface area contributed by atoms with Gasteiger partial charge in [-0.25, -0.2) is 0 Å². The lowest BCUT2D eigenvalue weighted by Crippen LogP contribution is -2.56. The molecule has 0 bridgehead atoms. The van der Waals surface area contributed by atoms with Gasteiger partial charge in [-0.2, -0.15) is 0 Å². The number of carbonyl (C=O) groups is 3. The quantitative estimate of drug-likeness (QED) is 0.679. The standard InChI is InChI=1S/C14H24N2O4/c1-9(2)12(15-10(3)17)13(20)16-14(8-11(18)19)6-4-5-7-14/h9,12H,4-8H2,1-3H3,(H,15,17)(H,16,20)(H,18,19). The Hall–Kier alpha value is -1.59. The third kappa shape index (κ3) is 4.51. The number of hydrogen-bond acceptors (Lipinski definition) is 3. The fraction of sp³-hybridized carbons (Fsp3) is 0.786. The number of carboxylic acids is 1. The van der Waals surface area contributed by atoms with E-state index in [0.717, 1.165) is 12.8 Å². The first-order chi connectivity index (χ1) is 9.26. The van der Waals surface area contributed by atoms with E-state index < -0.39 is 17.6 Å². The molecule has 1 unspecified atom stereocenters. The normalized spacial score (nSPS) is 18.6. The minimum Gasteiger partial charge on any atom is -0.481 e. The second kappa shape index (κ2) is 6.72. The Kier molecular flexibility index (Phi) is 5.53. The van der Waals surface area contributed by atoms with Gasteiger partial charge < -0.3 is 15.7 Å². The van der Waals surface area contributed by atoms with Crippen LogP contribution in [0.1, 0.15) is 52.9 Å². The van der Waals surface area contributed by atoms with Crippen molar-refractivity contribution in [3.05, 3.63) is 0 Å². The van der Waals surface area contributed by atoms with Crippen LogP contribution >= 0.6 is 0 Å². The van der Waals surface area contributed by atoms with Crippen LogP contribution in [0.2, 0.25) is 0 Å². The van der Waals surface area contributed by atoms with E-state index in [0.29, 0.717) is 12.8 Å². The molecule has 0 aliphatic heterocycles. The Morgan fingerprint density at radius 2 is 1.75 bits per heavy atom. The first-order valence-electron chi connectivity index (χ1n) is 7.07. The van der Waals surface area contributed by atoms with Gasteiger partial charge in [0.25, 0.3) is 0 Å². The van der Waals surface area contributed by atoms with E-state index in [1.165, 1.54) is 6.92 Å². The zero-order chi connectivity index (χ0) is 15.3. The number of amides is 2. The molecule has 1 saturated carbocycles. The van der Waals surface area contributed by atoms with Crippen molar-refractivity contribution in [1.29, 1.82) is 0 Å². The molecule has 6 nitrogen and oxygen atoms in total. The van der Waals surface area contributed by atoms with E-state index in [2.05, 4.69) is 10.6 Å². The van der Waals surface area contributed by atoms with Gasteiger partial charge in [-0.15, -0.1) is 0 Å². The number of carbonyl (C=O) groups excluding carboxylic acids is 2. The molecule has 0 spiro atoms. The second-order valence-corrected chi connectivity index (χ2v) is 5.97. The summed E-state index contributed by atoms with van der Waals surface area (Å²) in [5.74, 6) is -1.52. The van der Waals surface area contributed by atoms with Gasteiger partial charge in [-0.1, -0.05) is 26.7 Å². The monoisotopic (exact) mass is 284 g/mol. The molecule has 0 saturated heterocycles. The molecule has 0 aromatic rings. The molecule has 1 fully saturated rings. The summed E-state index contributed by atoms with van der Waals surface area (Å²) >= 11 is 0. The van der Waals surface area contributed by atoms with Gasteiger partial charge in [-0.05, 0) is 18.8 Å². The molecule has 1 rings (SSSR count). The Morgan fingerprint density at radius 3 is 2.15 bits per heavy atom. The highest BCUT2D eigenvalue weighted by Gasteiger charge is 2.39. The molecule has 114 valence electrons. The van der Waals surface area contributed by atoms with Crippen molar-refractivity contribution in [1.82, 2.24) is 10.6 Å². The molecule has 3 N–H and O–H groups in total. The number of nitrogens with one attached hydrogen (secondary N) is 2. The summed E-state index contributed by atoms with van der Waals surface area (Å²) in [5.41, 5.74) is -0.658. The third-order valence-electron chi connectivity index (χ3n) is 3.75. The summed E-state index contributed by atoms with van der Waals surface area (Å²) in [6.45, 7) is 5.06. The fourth-order valence-corrected chi connectivity index (χ4v) is 2.78. The van der Waals surface area contributed by atoms with E-state index >= 15 is 0 Å². The maximum Gasteiger partial charge on any atom is 0.305 e. The summed E-state index contributed by atoms with van der Waals surface area (Å²) in [5, 5.41) is 14.5. The van der Waals surface area contributed by atoms with Gasteiger partial charge in [0.05, 0.1) is 12.0 Å². The molecule has 1 aliphatic carbocycles. The SMILES string of the molecule is CC(=O)NC(C(=O)NC1(CC(=O)O)CCCC1)C(C)C. The molecule has 0 radical (unpaired) electrons. The van der Waals surface area contributed by atoms with E-state index in [4.69, 9.17) is 5.11 Å². The van der Waals surface area contributed by atoms with Crippen molar-refractivity contribution in [2.45, 2.75) is 64.5 Å². The van der Waals surface area contributed by atoms with E-state index in [-0.39, 0.29) is 24.2 Å². The highest BCUT2D eigenvalue weighted by atomic mass is 16.4. The molecule has 0 heterocycles. The molecular weight excluding hydrogens is 260 g/mol. The van der Waals surface area contributed by atoms with Gasteiger partial charge >= 0.3 is 5.97 Å². The number of carboxylic acid groups (broad SMARTS) is 1. The largest absolute Gasteiger partial charge is 0.481 e. The fourth-order valence-electron chi connectivity index (χ4n) is 2.78. The predicted molar refractivity (Wildman–Crippen MR) is 74.0 cm³/mol. The maximum absolute atomic E-state index is 12.3. The highest BCUT2D eigenvalue weighted by molar-refractivity contribution is 5.88. The minimum atomic E-state index is -0.909. The summed E-state index contributed by atoms with van der Waals surface area (Å²) in [6, 6.07) is -0.626. The van der Waals surface area contributed by atoms with E-state index in [1.807, 2.05) is 13.8 Å². The van der Waals surface area contributed by atoms with Crippen molar-refractivity contribution in [3.63, 3.8) is 0 Å². The van der Waals surface area contributed by atoms with Crippen LogP contribution in [0.4, 0.5) is 0 Å². The van der Waals surface area contributed by atoms with Gasteiger partial charge in [0.1, 0.15) is 6.04 Å².